The van der Waals surface area contributed by atoms with Crippen molar-refractivity contribution in [3.8, 4) is 0 Å². The lowest BCUT2D eigenvalue weighted by molar-refractivity contribution is -0.117. The minimum Gasteiger partial charge on any atom is -0.354 e. The zero-order valence-corrected chi connectivity index (χ0v) is 21.4. The lowest BCUT2D eigenvalue weighted by Crippen LogP contribution is -2.23. The monoisotopic (exact) mass is 512 g/mol. The summed E-state index contributed by atoms with van der Waals surface area (Å²) in [5.41, 5.74) is 6.72. The number of amides is 2. The highest BCUT2D eigenvalue weighted by molar-refractivity contribution is 6.38. The average Bonchev–Trinajstić information content (AvgIpc) is 3.64. The number of hydrogen-bond donors (Lipinski definition) is 2. The first-order valence-electron chi connectivity index (χ1n) is 12.9. The maximum atomic E-state index is 13.2. The van der Waals surface area contributed by atoms with Crippen molar-refractivity contribution >= 4 is 51.7 Å². The fraction of sp³-hybridized carbons (Fsp3) is 0.267. The zero-order chi connectivity index (χ0) is 25.4. The van der Waals surface area contributed by atoms with Crippen molar-refractivity contribution < 1.29 is 9.59 Å². The van der Waals surface area contributed by atoms with Gasteiger partial charge in [0.25, 0.3) is 5.91 Å². The van der Waals surface area contributed by atoms with Gasteiger partial charge in [-0.3, -0.25) is 14.5 Å². The van der Waals surface area contributed by atoms with Crippen LogP contribution in [-0.2, 0) is 16.1 Å². The van der Waals surface area contributed by atoms with Crippen LogP contribution in [0.4, 0.5) is 17.1 Å². The van der Waals surface area contributed by atoms with Gasteiger partial charge in [-0.2, -0.15) is 0 Å². The highest BCUT2D eigenvalue weighted by atomic mass is 35.5. The van der Waals surface area contributed by atoms with E-state index >= 15 is 0 Å². The summed E-state index contributed by atoms with van der Waals surface area (Å²) in [5, 5.41) is 7.06. The molecule has 0 unspecified atom stereocenters. The topological polar surface area (TPSA) is 64.7 Å². The average molecular weight is 513 g/mol. The highest BCUT2D eigenvalue weighted by Gasteiger charge is 2.29. The smallest absolute Gasteiger partial charge is 0.258 e. The molecule has 2 saturated heterocycles. The number of anilines is 3. The summed E-state index contributed by atoms with van der Waals surface area (Å²) in [6.45, 7) is 4.02. The number of carbonyl (C=O) groups excluding carboxylic acids is 2. The van der Waals surface area contributed by atoms with Crippen LogP contribution in [0.15, 0.2) is 66.7 Å². The van der Waals surface area contributed by atoms with Crippen LogP contribution in [0.3, 0.4) is 0 Å². The standard InChI is InChI=1S/C30H29ClN4O2/c31-22-9-14-25-26(18-22)33-30(37)28(25)29(21-7-12-24(13-8-21)35-17-3-4-27(35)36)32-23-10-5-20(6-11-23)19-34-15-1-2-16-34/h5-14,18,32H,1-4,15-17,19H2,(H,33,37)/b29-28-. The summed E-state index contributed by atoms with van der Waals surface area (Å²) in [7, 11) is 0. The third-order valence-corrected chi connectivity index (χ3v) is 7.58. The van der Waals surface area contributed by atoms with Crippen LogP contribution < -0.4 is 15.5 Å². The predicted octanol–water partition coefficient (Wildman–Crippen LogP) is 6.00. The van der Waals surface area contributed by atoms with Crippen molar-refractivity contribution in [2.75, 3.05) is 35.2 Å². The third-order valence-electron chi connectivity index (χ3n) is 7.35. The Morgan fingerprint density at radius 1 is 0.892 bits per heavy atom. The Morgan fingerprint density at radius 3 is 2.35 bits per heavy atom. The molecule has 7 heteroatoms. The molecule has 0 aliphatic carbocycles. The molecule has 3 aliphatic heterocycles. The minimum absolute atomic E-state index is 0.152. The molecule has 0 atom stereocenters. The molecule has 0 saturated carbocycles. The number of likely N-dealkylation sites (tertiary alicyclic amines) is 1. The van der Waals surface area contributed by atoms with E-state index in [1.807, 2.05) is 35.2 Å². The molecule has 2 fully saturated rings. The van der Waals surface area contributed by atoms with Gasteiger partial charge in [0.05, 0.1) is 17.0 Å². The Hall–Kier alpha value is -3.61. The molecule has 188 valence electrons. The first kappa shape index (κ1) is 23.8. The molecule has 6 rings (SSSR count). The van der Waals surface area contributed by atoms with Crippen molar-refractivity contribution in [3.63, 3.8) is 0 Å². The summed E-state index contributed by atoms with van der Waals surface area (Å²) >= 11 is 6.19. The molecule has 0 aromatic heterocycles. The second-order valence-corrected chi connectivity index (χ2v) is 10.3. The van der Waals surface area contributed by atoms with Gasteiger partial charge in [-0.15, -0.1) is 0 Å². The van der Waals surface area contributed by atoms with E-state index in [4.69, 9.17) is 11.6 Å². The fourth-order valence-electron chi connectivity index (χ4n) is 5.44. The molecule has 0 bridgehead atoms. The van der Waals surface area contributed by atoms with E-state index in [0.29, 0.717) is 28.4 Å². The SMILES string of the molecule is O=C1Nc2cc(Cl)ccc2/C1=C(/Nc1ccc(CN2CCCC2)cc1)c1ccc(N2CCCC2=O)cc1. The molecule has 2 amide bonds. The van der Waals surface area contributed by atoms with Gasteiger partial charge < -0.3 is 15.5 Å². The number of benzene rings is 3. The maximum absolute atomic E-state index is 13.2. The van der Waals surface area contributed by atoms with Crippen LogP contribution in [0.2, 0.25) is 5.02 Å². The van der Waals surface area contributed by atoms with E-state index < -0.39 is 0 Å². The molecule has 2 N–H and O–H groups in total. The molecule has 37 heavy (non-hydrogen) atoms. The van der Waals surface area contributed by atoms with Crippen LogP contribution in [0.5, 0.6) is 0 Å². The van der Waals surface area contributed by atoms with Gasteiger partial charge in [-0.1, -0.05) is 41.9 Å². The van der Waals surface area contributed by atoms with E-state index in [1.54, 1.807) is 12.1 Å². The Bertz CT molecular complexity index is 1380. The van der Waals surface area contributed by atoms with Gasteiger partial charge in [0.1, 0.15) is 0 Å². The normalized spacial score (nSPS) is 18.8. The molecule has 3 aromatic rings. The maximum Gasteiger partial charge on any atom is 0.258 e. The van der Waals surface area contributed by atoms with Gasteiger partial charge in [0.2, 0.25) is 5.91 Å². The Labute approximate surface area is 221 Å². The van der Waals surface area contributed by atoms with Crippen molar-refractivity contribution in [1.82, 2.24) is 4.90 Å². The zero-order valence-electron chi connectivity index (χ0n) is 20.6. The van der Waals surface area contributed by atoms with E-state index in [2.05, 4.69) is 39.8 Å². The lowest BCUT2D eigenvalue weighted by atomic mass is 9.99. The number of fused-ring (bicyclic) bond motifs is 1. The first-order chi connectivity index (χ1) is 18.0. The second kappa shape index (κ2) is 10.0. The van der Waals surface area contributed by atoms with E-state index in [9.17, 15) is 9.59 Å². The van der Waals surface area contributed by atoms with E-state index in [-0.39, 0.29) is 11.8 Å². The second-order valence-electron chi connectivity index (χ2n) is 9.90. The van der Waals surface area contributed by atoms with E-state index in [1.165, 1.54) is 18.4 Å². The fourth-order valence-corrected chi connectivity index (χ4v) is 5.61. The minimum atomic E-state index is -0.177. The Morgan fingerprint density at radius 2 is 1.65 bits per heavy atom. The number of carbonyl (C=O) groups is 2. The largest absolute Gasteiger partial charge is 0.354 e. The van der Waals surface area contributed by atoms with Crippen molar-refractivity contribution in [3.05, 3.63) is 88.4 Å². The third kappa shape index (κ3) is 4.87. The van der Waals surface area contributed by atoms with Crippen molar-refractivity contribution in [2.45, 2.75) is 32.2 Å². The van der Waals surface area contributed by atoms with Crippen molar-refractivity contribution in [2.24, 2.45) is 0 Å². The van der Waals surface area contributed by atoms with Gasteiger partial charge in [-0.25, -0.2) is 0 Å². The number of nitrogens with zero attached hydrogens (tertiary/aromatic N) is 2. The highest BCUT2D eigenvalue weighted by Crippen LogP contribution is 2.39. The number of rotatable bonds is 6. The lowest BCUT2D eigenvalue weighted by Gasteiger charge is -2.19. The molecule has 0 spiro atoms. The summed E-state index contributed by atoms with van der Waals surface area (Å²) in [4.78, 5) is 29.7. The Balaban J connectivity index is 1.35. The van der Waals surface area contributed by atoms with Crippen molar-refractivity contribution in [1.29, 1.82) is 0 Å². The number of halogens is 1. The van der Waals surface area contributed by atoms with Crippen LogP contribution >= 0.6 is 11.6 Å². The summed E-state index contributed by atoms with van der Waals surface area (Å²) in [6, 6.07) is 21.7. The predicted molar refractivity (Wildman–Crippen MR) is 150 cm³/mol. The molecular weight excluding hydrogens is 484 g/mol. The van der Waals surface area contributed by atoms with Gasteiger partial charge in [0.15, 0.2) is 0 Å². The molecule has 3 aromatic carbocycles. The van der Waals surface area contributed by atoms with Crippen LogP contribution in [0.25, 0.3) is 11.3 Å². The van der Waals surface area contributed by atoms with E-state index in [0.717, 1.165) is 55.1 Å². The van der Waals surface area contributed by atoms with Gasteiger partial charge in [0, 0.05) is 41.5 Å². The Kier molecular flexibility index (Phi) is 6.45. The quantitative estimate of drug-likeness (QED) is 0.398. The summed E-state index contributed by atoms with van der Waals surface area (Å²) in [5.74, 6) is -0.0244. The molecule has 0 radical (unpaired) electrons. The molecule has 3 aliphatic rings. The summed E-state index contributed by atoms with van der Waals surface area (Å²) in [6.07, 6.45) is 4.02. The van der Waals surface area contributed by atoms with Crippen LogP contribution in [0.1, 0.15) is 42.4 Å². The molecule has 6 nitrogen and oxygen atoms in total. The molecule has 3 heterocycles. The van der Waals surface area contributed by atoms with Crippen LogP contribution in [0, 0.1) is 0 Å². The van der Waals surface area contributed by atoms with Gasteiger partial charge >= 0.3 is 0 Å². The van der Waals surface area contributed by atoms with Gasteiger partial charge in [-0.05, 0) is 79.9 Å². The number of nitrogens with one attached hydrogen (secondary N) is 2. The van der Waals surface area contributed by atoms with Crippen LogP contribution in [-0.4, -0.2) is 36.3 Å². The molecular formula is C30H29ClN4O2. The number of hydrogen-bond acceptors (Lipinski definition) is 4. The summed E-state index contributed by atoms with van der Waals surface area (Å²) < 4.78 is 0. The first-order valence-corrected chi connectivity index (χ1v) is 13.3.